The Balaban J connectivity index is 1.14. The predicted octanol–water partition coefficient (Wildman–Crippen LogP) is 4.80. The van der Waals surface area contributed by atoms with Crippen molar-refractivity contribution in [3.8, 4) is 11.5 Å². The molecule has 2 fully saturated rings. The van der Waals surface area contributed by atoms with Crippen molar-refractivity contribution >= 4 is 16.9 Å². The first-order valence-electron chi connectivity index (χ1n) is 13.2. The highest BCUT2D eigenvalue weighted by Gasteiger charge is 2.45. The summed E-state index contributed by atoms with van der Waals surface area (Å²) in [4.78, 5) is 30.4. The van der Waals surface area contributed by atoms with E-state index in [0.717, 1.165) is 17.6 Å². The fraction of sp³-hybridized carbons (Fsp3) is 0.379. The van der Waals surface area contributed by atoms with Crippen LogP contribution in [0.3, 0.4) is 0 Å². The molecule has 5 heterocycles. The van der Waals surface area contributed by atoms with Crippen LogP contribution in [0.4, 0.5) is 8.78 Å². The lowest BCUT2D eigenvalue weighted by molar-refractivity contribution is -0.148. The predicted molar refractivity (Wildman–Crippen MR) is 140 cm³/mol. The molecule has 38 heavy (non-hydrogen) atoms. The number of carbonyl (C=O) groups is 1. The van der Waals surface area contributed by atoms with Crippen LogP contribution in [0, 0.1) is 5.82 Å². The van der Waals surface area contributed by atoms with Crippen molar-refractivity contribution in [1.82, 2.24) is 29.3 Å². The number of nitrogens with zero attached hydrogens (tertiary/aromatic N) is 6. The van der Waals surface area contributed by atoms with E-state index in [1.165, 1.54) is 12.1 Å². The van der Waals surface area contributed by atoms with E-state index in [1.54, 1.807) is 29.6 Å². The molecule has 4 aromatic rings. The van der Waals surface area contributed by atoms with Crippen LogP contribution in [0.5, 0.6) is 0 Å². The van der Waals surface area contributed by atoms with Gasteiger partial charge in [-0.25, -0.2) is 13.8 Å². The van der Waals surface area contributed by atoms with Gasteiger partial charge in [-0.1, -0.05) is 6.07 Å². The van der Waals surface area contributed by atoms with Gasteiger partial charge in [0, 0.05) is 76.3 Å². The topological polar surface area (TPSA) is 67.2 Å². The number of rotatable bonds is 5. The lowest BCUT2D eigenvalue weighted by Gasteiger charge is -2.40. The third-order valence-electron chi connectivity index (χ3n) is 7.85. The van der Waals surface area contributed by atoms with Gasteiger partial charge >= 0.3 is 0 Å². The molecule has 0 radical (unpaired) electrons. The molecule has 2 aliphatic heterocycles. The first kappa shape index (κ1) is 24.6. The summed E-state index contributed by atoms with van der Waals surface area (Å²) >= 11 is 0. The molecule has 9 heteroatoms. The van der Waals surface area contributed by atoms with E-state index in [1.807, 2.05) is 30.3 Å². The molecule has 0 atom stereocenters. The standard InChI is InChI=1S/C29H30F2N6O/c30-22-4-5-26-25(19-22)34-27(24-3-1-2-12-33-24)37(26)23-8-15-36(16-9-23)28(38)29(31)10-17-35(18-11-29)20-21-6-13-32-14-7-21/h1-7,12-14,19,23H,8-11,15-18,20H2. The fourth-order valence-corrected chi connectivity index (χ4v) is 5.75. The third kappa shape index (κ3) is 4.78. The van der Waals surface area contributed by atoms with Gasteiger partial charge in [0.25, 0.3) is 5.91 Å². The molecule has 0 N–H and O–H groups in total. The molecule has 2 saturated heterocycles. The molecule has 3 aromatic heterocycles. The van der Waals surface area contributed by atoms with Gasteiger partial charge < -0.3 is 9.47 Å². The maximum atomic E-state index is 15.9. The Morgan fingerprint density at radius 3 is 2.45 bits per heavy atom. The van der Waals surface area contributed by atoms with Crippen LogP contribution >= 0.6 is 0 Å². The van der Waals surface area contributed by atoms with E-state index in [4.69, 9.17) is 4.98 Å². The normalized spacial score (nSPS) is 18.6. The van der Waals surface area contributed by atoms with Gasteiger partial charge in [-0.15, -0.1) is 0 Å². The highest BCUT2D eigenvalue weighted by Crippen LogP contribution is 2.35. The van der Waals surface area contributed by atoms with Crippen LogP contribution < -0.4 is 0 Å². The van der Waals surface area contributed by atoms with Crippen LogP contribution in [0.25, 0.3) is 22.6 Å². The molecule has 1 amide bonds. The number of likely N-dealkylation sites (tertiary alicyclic amines) is 2. The summed E-state index contributed by atoms with van der Waals surface area (Å²) in [6.07, 6.45) is 6.98. The molecular weight excluding hydrogens is 486 g/mol. The van der Waals surface area contributed by atoms with Gasteiger partial charge in [0.2, 0.25) is 0 Å². The minimum absolute atomic E-state index is 0.0456. The Morgan fingerprint density at radius 1 is 0.974 bits per heavy atom. The Labute approximate surface area is 220 Å². The second kappa shape index (κ2) is 10.2. The van der Waals surface area contributed by atoms with Crippen LogP contribution in [-0.4, -0.2) is 67.1 Å². The lowest BCUT2D eigenvalue weighted by Crippen LogP contribution is -2.53. The SMILES string of the molecule is O=C(N1CCC(n2c(-c3ccccn3)nc3cc(F)ccc32)CC1)C1(F)CCN(Cc2ccncc2)CC1. The maximum absolute atomic E-state index is 15.9. The number of halogens is 2. The number of hydrogen-bond acceptors (Lipinski definition) is 5. The van der Waals surface area contributed by atoms with Crippen LogP contribution in [0.15, 0.2) is 67.1 Å². The van der Waals surface area contributed by atoms with Crippen molar-refractivity contribution < 1.29 is 13.6 Å². The zero-order chi connectivity index (χ0) is 26.1. The minimum atomic E-state index is -1.82. The summed E-state index contributed by atoms with van der Waals surface area (Å²) in [7, 11) is 0. The number of fused-ring (bicyclic) bond motifs is 1. The van der Waals surface area contributed by atoms with E-state index in [-0.39, 0.29) is 30.6 Å². The van der Waals surface area contributed by atoms with Crippen molar-refractivity contribution in [3.05, 3.63) is 78.5 Å². The number of alkyl halides is 1. The number of hydrogen-bond donors (Lipinski definition) is 0. The number of aromatic nitrogens is 4. The molecule has 1 aromatic carbocycles. The number of carbonyl (C=O) groups excluding carboxylic acids is 1. The number of piperidine rings is 2. The zero-order valence-electron chi connectivity index (χ0n) is 21.1. The Hall–Kier alpha value is -3.72. The average Bonchev–Trinajstić information content (AvgIpc) is 3.34. The minimum Gasteiger partial charge on any atom is -0.340 e. The summed E-state index contributed by atoms with van der Waals surface area (Å²) < 4.78 is 31.9. The maximum Gasteiger partial charge on any atom is 0.260 e. The smallest absolute Gasteiger partial charge is 0.260 e. The monoisotopic (exact) mass is 516 g/mol. The molecule has 2 aliphatic rings. The summed E-state index contributed by atoms with van der Waals surface area (Å²) in [5.41, 5.74) is 1.44. The fourth-order valence-electron chi connectivity index (χ4n) is 5.75. The lowest BCUT2D eigenvalue weighted by atomic mass is 9.90. The van der Waals surface area contributed by atoms with Crippen molar-refractivity contribution in [2.45, 2.75) is 43.9 Å². The first-order chi connectivity index (χ1) is 18.5. The van der Waals surface area contributed by atoms with Gasteiger partial charge in [-0.3, -0.25) is 19.7 Å². The van der Waals surface area contributed by atoms with Crippen LogP contribution in [-0.2, 0) is 11.3 Å². The van der Waals surface area contributed by atoms with Gasteiger partial charge in [-0.2, -0.15) is 0 Å². The molecule has 0 aliphatic carbocycles. The number of amides is 1. The summed E-state index contributed by atoms with van der Waals surface area (Å²) in [5.74, 6) is -0.0447. The molecule has 0 bridgehead atoms. The van der Waals surface area contributed by atoms with Gasteiger partial charge in [0.1, 0.15) is 11.5 Å². The van der Waals surface area contributed by atoms with Gasteiger partial charge in [-0.05, 0) is 54.8 Å². The summed E-state index contributed by atoms with van der Waals surface area (Å²) in [5, 5.41) is 0. The Morgan fingerprint density at radius 2 is 1.74 bits per heavy atom. The van der Waals surface area contributed by atoms with Gasteiger partial charge in [0.05, 0.1) is 11.0 Å². The molecular formula is C29H30F2N6O. The van der Waals surface area contributed by atoms with Crippen molar-refractivity contribution in [2.24, 2.45) is 0 Å². The summed E-state index contributed by atoms with van der Waals surface area (Å²) in [6.45, 7) is 2.77. The molecule has 196 valence electrons. The molecule has 0 saturated carbocycles. The number of pyridine rings is 2. The van der Waals surface area contributed by atoms with Crippen molar-refractivity contribution in [3.63, 3.8) is 0 Å². The van der Waals surface area contributed by atoms with Crippen LogP contribution in [0.2, 0.25) is 0 Å². The average molecular weight is 517 g/mol. The molecule has 6 rings (SSSR count). The van der Waals surface area contributed by atoms with Crippen molar-refractivity contribution in [2.75, 3.05) is 26.2 Å². The van der Waals surface area contributed by atoms with E-state index >= 15 is 4.39 Å². The summed E-state index contributed by atoms with van der Waals surface area (Å²) in [6, 6.07) is 14.2. The number of imidazole rings is 1. The second-order valence-corrected chi connectivity index (χ2v) is 10.3. The quantitative estimate of drug-likeness (QED) is 0.381. The van der Waals surface area contributed by atoms with Crippen molar-refractivity contribution in [1.29, 1.82) is 0 Å². The molecule has 7 nitrogen and oxygen atoms in total. The van der Waals surface area contributed by atoms with E-state index < -0.39 is 5.67 Å². The van der Waals surface area contributed by atoms with E-state index in [9.17, 15) is 9.18 Å². The second-order valence-electron chi connectivity index (χ2n) is 10.3. The van der Waals surface area contributed by atoms with Crippen LogP contribution in [0.1, 0.15) is 37.3 Å². The third-order valence-corrected chi connectivity index (χ3v) is 7.85. The zero-order valence-corrected chi connectivity index (χ0v) is 21.1. The number of benzene rings is 1. The Bertz CT molecular complexity index is 1410. The first-order valence-corrected chi connectivity index (χ1v) is 13.2. The van der Waals surface area contributed by atoms with E-state index in [0.29, 0.717) is 56.1 Å². The largest absolute Gasteiger partial charge is 0.340 e. The van der Waals surface area contributed by atoms with E-state index in [2.05, 4.69) is 19.4 Å². The van der Waals surface area contributed by atoms with Gasteiger partial charge in [0.15, 0.2) is 11.5 Å². The molecule has 0 unspecified atom stereocenters. The molecule has 0 spiro atoms. The highest BCUT2D eigenvalue weighted by atomic mass is 19.1. The Kier molecular flexibility index (Phi) is 6.61. The highest BCUT2D eigenvalue weighted by molar-refractivity contribution is 5.85.